The number of nitrogens with one attached hydrogen (secondary N) is 2. The van der Waals surface area contributed by atoms with Crippen molar-refractivity contribution in [1.29, 1.82) is 0 Å². The summed E-state index contributed by atoms with van der Waals surface area (Å²) in [5, 5.41) is 6.40. The lowest BCUT2D eigenvalue weighted by atomic mass is 10.4. The third kappa shape index (κ3) is 3.79. The van der Waals surface area contributed by atoms with Crippen molar-refractivity contribution in [1.82, 2.24) is 15.2 Å². The predicted octanol–water partition coefficient (Wildman–Crippen LogP) is 0.234. The van der Waals surface area contributed by atoms with E-state index < -0.39 is 15.3 Å². The molecule has 2 rings (SSSR count). The summed E-state index contributed by atoms with van der Waals surface area (Å²) >= 11 is 0. The minimum atomic E-state index is -3.30. The van der Waals surface area contributed by atoms with Crippen molar-refractivity contribution < 1.29 is 12.9 Å². The first-order chi connectivity index (χ1) is 8.08. The van der Waals surface area contributed by atoms with Crippen molar-refractivity contribution in [2.24, 2.45) is 0 Å². The van der Waals surface area contributed by atoms with Crippen LogP contribution in [-0.4, -0.2) is 31.4 Å². The lowest BCUT2D eigenvalue weighted by molar-refractivity contribution is 0.410. The molecule has 1 aliphatic rings. The van der Waals surface area contributed by atoms with Gasteiger partial charge in [0.25, 0.3) is 0 Å². The lowest BCUT2D eigenvalue weighted by Gasteiger charge is -2.13. The fourth-order valence-electron chi connectivity index (χ4n) is 1.38. The second-order valence-electron chi connectivity index (χ2n) is 4.35. The van der Waals surface area contributed by atoms with Gasteiger partial charge in [-0.2, -0.15) is 0 Å². The van der Waals surface area contributed by atoms with Crippen LogP contribution in [0.1, 0.15) is 25.5 Å². The Morgan fingerprint density at radius 1 is 1.59 bits per heavy atom. The van der Waals surface area contributed by atoms with Crippen LogP contribution in [0.5, 0.6) is 0 Å². The van der Waals surface area contributed by atoms with Crippen LogP contribution < -0.4 is 10.0 Å². The molecule has 0 aromatic carbocycles. The normalized spacial score (nSPS) is 18.2. The number of sulfonamides is 1. The second kappa shape index (κ2) is 5.16. The van der Waals surface area contributed by atoms with Crippen molar-refractivity contribution in [3.63, 3.8) is 0 Å². The monoisotopic (exact) mass is 259 g/mol. The van der Waals surface area contributed by atoms with E-state index in [1.165, 1.54) is 6.26 Å². The van der Waals surface area contributed by atoms with Crippen LogP contribution in [0.25, 0.3) is 0 Å². The summed E-state index contributed by atoms with van der Waals surface area (Å²) in [7, 11) is -3.30. The van der Waals surface area contributed by atoms with E-state index in [4.69, 9.17) is 0 Å². The predicted molar refractivity (Wildman–Crippen MR) is 62.7 cm³/mol. The molecule has 0 amide bonds. The van der Waals surface area contributed by atoms with Crippen LogP contribution in [0, 0.1) is 0 Å². The second-order valence-corrected chi connectivity index (χ2v) is 6.53. The summed E-state index contributed by atoms with van der Waals surface area (Å²) in [4.78, 5) is 0. The first kappa shape index (κ1) is 12.5. The molecule has 0 bridgehead atoms. The minimum Gasteiger partial charge on any atom is -0.364 e. The van der Waals surface area contributed by atoms with Crippen molar-refractivity contribution in [2.75, 3.05) is 6.54 Å². The van der Waals surface area contributed by atoms with Gasteiger partial charge in [0.2, 0.25) is 10.0 Å². The van der Waals surface area contributed by atoms with Gasteiger partial charge in [-0.3, -0.25) is 0 Å². The molecule has 0 spiro atoms. The van der Waals surface area contributed by atoms with E-state index in [0.29, 0.717) is 18.3 Å². The molecule has 17 heavy (non-hydrogen) atoms. The zero-order chi connectivity index (χ0) is 12.3. The largest absolute Gasteiger partial charge is 0.364 e. The molecular formula is C10H17N3O3S. The van der Waals surface area contributed by atoms with E-state index in [9.17, 15) is 8.42 Å². The van der Waals surface area contributed by atoms with Gasteiger partial charge >= 0.3 is 0 Å². The molecule has 1 heterocycles. The van der Waals surface area contributed by atoms with E-state index in [0.717, 1.165) is 12.8 Å². The Labute approximate surface area is 101 Å². The summed E-state index contributed by atoms with van der Waals surface area (Å²) < 4.78 is 30.8. The minimum absolute atomic E-state index is 0.173. The van der Waals surface area contributed by atoms with Crippen molar-refractivity contribution >= 4 is 10.0 Å². The summed E-state index contributed by atoms with van der Waals surface area (Å²) in [6.45, 7) is 2.35. The molecule has 6 nitrogen and oxygen atoms in total. The first-order valence-corrected chi connectivity index (χ1v) is 7.23. The van der Waals surface area contributed by atoms with Crippen molar-refractivity contribution in [2.45, 2.75) is 37.6 Å². The SMILES string of the molecule is CC(CNC1CC1)S(=O)(=O)NCc1ccon1. The maximum absolute atomic E-state index is 11.8. The molecule has 1 atom stereocenters. The van der Waals surface area contributed by atoms with Crippen LogP contribution in [0.3, 0.4) is 0 Å². The van der Waals surface area contributed by atoms with E-state index in [1.807, 2.05) is 0 Å². The average Bonchev–Trinajstić information content (AvgIpc) is 2.97. The Kier molecular flexibility index (Phi) is 3.80. The van der Waals surface area contributed by atoms with Crippen LogP contribution in [0.4, 0.5) is 0 Å². The topological polar surface area (TPSA) is 84.2 Å². The van der Waals surface area contributed by atoms with Gasteiger partial charge in [-0.25, -0.2) is 13.1 Å². The van der Waals surface area contributed by atoms with Gasteiger partial charge in [-0.15, -0.1) is 0 Å². The van der Waals surface area contributed by atoms with E-state index in [1.54, 1.807) is 13.0 Å². The van der Waals surface area contributed by atoms with E-state index in [-0.39, 0.29) is 6.54 Å². The van der Waals surface area contributed by atoms with Gasteiger partial charge in [0.15, 0.2) is 0 Å². The van der Waals surface area contributed by atoms with Crippen molar-refractivity contribution in [3.8, 4) is 0 Å². The molecular weight excluding hydrogens is 242 g/mol. The summed E-state index contributed by atoms with van der Waals surface area (Å²) in [6, 6.07) is 2.15. The zero-order valence-electron chi connectivity index (χ0n) is 9.72. The third-order valence-electron chi connectivity index (χ3n) is 2.75. The smallest absolute Gasteiger partial charge is 0.215 e. The highest BCUT2D eigenvalue weighted by Gasteiger charge is 2.25. The van der Waals surface area contributed by atoms with Crippen LogP contribution >= 0.6 is 0 Å². The quantitative estimate of drug-likeness (QED) is 0.732. The molecule has 96 valence electrons. The Bertz CT molecular complexity index is 439. The number of aromatic nitrogens is 1. The van der Waals surface area contributed by atoms with E-state index in [2.05, 4.69) is 19.7 Å². The maximum Gasteiger partial charge on any atom is 0.215 e. The Morgan fingerprint density at radius 2 is 2.35 bits per heavy atom. The molecule has 0 aliphatic heterocycles. The molecule has 1 aromatic heterocycles. The number of nitrogens with zero attached hydrogens (tertiary/aromatic N) is 1. The Balaban J connectivity index is 1.79. The van der Waals surface area contributed by atoms with Gasteiger partial charge in [-0.05, 0) is 19.8 Å². The molecule has 1 aliphatic carbocycles. The number of hydrogen-bond donors (Lipinski definition) is 2. The number of rotatable bonds is 7. The molecule has 0 radical (unpaired) electrons. The summed E-state index contributed by atoms with van der Waals surface area (Å²) in [5.74, 6) is 0. The molecule has 2 N–H and O–H groups in total. The fraction of sp³-hybridized carbons (Fsp3) is 0.700. The van der Waals surface area contributed by atoms with Gasteiger partial charge in [0.05, 0.1) is 17.5 Å². The molecule has 7 heteroatoms. The first-order valence-electron chi connectivity index (χ1n) is 5.69. The highest BCUT2D eigenvalue weighted by molar-refractivity contribution is 7.90. The summed E-state index contributed by atoms with van der Waals surface area (Å²) in [5.41, 5.74) is 0.580. The fourth-order valence-corrected chi connectivity index (χ4v) is 2.32. The van der Waals surface area contributed by atoms with Gasteiger partial charge in [-0.1, -0.05) is 5.16 Å². The number of hydrogen-bond acceptors (Lipinski definition) is 5. The molecule has 0 saturated heterocycles. The van der Waals surface area contributed by atoms with Gasteiger partial charge in [0, 0.05) is 18.7 Å². The Morgan fingerprint density at radius 3 is 2.94 bits per heavy atom. The average molecular weight is 259 g/mol. The van der Waals surface area contributed by atoms with Crippen molar-refractivity contribution in [3.05, 3.63) is 18.0 Å². The van der Waals surface area contributed by atoms with Crippen LogP contribution in [0.2, 0.25) is 0 Å². The molecule has 1 unspecified atom stereocenters. The summed E-state index contributed by atoms with van der Waals surface area (Å²) in [6.07, 6.45) is 3.72. The standard InChI is InChI=1S/C10H17N3O3S/c1-8(6-11-9-2-3-9)17(14,15)12-7-10-4-5-16-13-10/h4-5,8-9,11-12H,2-3,6-7H2,1H3. The maximum atomic E-state index is 11.8. The van der Waals surface area contributed by atoms with Crippen LogP contribution in [0.15, 0.2) is 16.9 Å². The van der Waals surface area contributed by atoms with Gasteiger partial charge < -0.3 is 9.84 Å². The highest BCUT2D eigenvalue weighted by Crippen LogP contribution is 2.18. The van der Waals surface area contributed by atoms with E-state index >= 15 is 0 Å². The molecule has 1 saturated carbocycles. The molecule has 1 fully saturated rings. The third-order valence-corrected chi connectivity index (χ3v) is 4.52. The lowest BCUT2D eigenvalue weighted by Crippen LogP contribution is -2.39. The Hall–Kier alpha value is -0.920. The van der Waals surface area contributed by atoms with Crippen LogP contribution in [-0.2, 0) is 16.6 Å². The molecule has 1 aromatic rings. The highest BCUT2D eigenvalue weighted by atomic mass is 32.2. The van der Waals surface area contributed by atoms with Gasteiger partial charge in [0.1, 0.15) is 6.26 Å². The zero-order valence-corrected chi connectivity index (χ0v) is 10.5.